The first-order valence-corrected chi connectivity index (χ1v) is 8.99. The zero-order valence-electron chi connectivity index (χ0n) is 15.6. The van der Waals surface area contributed by atoms with E-state index in [0.717, 1.165) is 37.3 Å². The van der Waals surface area contributed by atoms with Crippen molar-refractivity contribution in [3.05, 3.63) is 69.8 Å². The molecule has 142 valence electrons. The number of nitro groups is 1. The van der Waals surface area contributed by atoms with Crippen LogP contribution >= 0.6 is 0 Å². The molecule has 0 aromatic heterocycles. The number of nitro benzene ring substituents is 1. The van der Waals surface area contributed by atoms with E-state index in [1.54, 1.807) is 19.1 Å². The summed E-state index contributed by atoms with van der Waals surface area (Å²) in [5, 5.41) is 14.2. The predicted molar refractivity (Wildman–Crippen MR) is 105 cm³/mol. The van der Waals surface area contributed by atoms with Crippen molar-refractivity contribution in [2.24, 2.45) is 0 Å². The number of amides is 1. The Hall–Kier alpha value is -2.77. The molecule has 1 N–H and O–H groups in total. The van der Waals surface area contributed by atoms with Crippen LogP contribution in [-0.2, 0) is 4.79 Å². The van der Waals surface area contributed by atoms with Gasteiger partial charge in [0.2, 0.25) is 5.91 Å². The van der Waals surface area contributed by atoms with Crippen LogP contribution in [0, 0.1) is 17.0 Å². The predicted octanol–water partition coefficient (Wildman–Crippen LogP) is 2.83. The molecule has 0 spiro atoms. The minimum Gasteiger partial charge on any atom is -0.319 e. The van der Waals surface area contributed by atoms with E-state index in [0.29, 0.717) is 0 Å². The van der Waals surface area contributed by atoms with Crippen LogP contribution in [0.25, 0.3) is 0 Å². The first-order chi connectivity index (χ1) is 13.0. The van der Waals surface area contributed by atoms with E-state index in [1.807, 2.05) is 30.3 Å². The van der Waals surface area contributed by atoms with Crippen LogP contribution in [0.5, 0.6) is 0 Å². The van der Waals surface area contributed by atoms with E-state index >= 15 is 0 Å². The SMILES string of the molecule is Cc1ccc(NC(=O)[C@H](c2ccccc2)N2CCN(C)CC2)c([N+](=O)[O-])c1. The van der Waals surface area contributed by atoms with Gasteiger partial charge in [-0.2, -0.15) is 0 Å². The molecular weight excluding hydrogens is 344 g/mol. The third-order valence-electron chi connectivity index (χ3n) is 4.87. The topological polar surface area (TPSA) is 78.7 Å². The third kappa shape index (κ3) is 4.50. The lowest BCUT2D eigenvalue weighted by atomic mass is 10.0. The molecule has 1 aliphatic heterocycles. The number of hydrogen-bond acceptors (Lipinski definition) is 5. The molecule has 0 bridgehead atoms. The van der Waals surface area contributed by atoms with Gasteiger partial charge in [-0.1, -0.05) is 36.4 Å². The molecule has 7 heteroatoms. The third-order valence-corrected chi connectivity index (χ3v) is 4.87. The fourth-order valence-corrected chi connectivity index (χ4v) is 3.34. The number of piperazine rings is 1. The number of carbonyl (C=O) groups excluding carboxylic acids is 1. The maximum Gasteiger partial charge on any atom is 0.293 e. The van der Waals surface area contributed by atoms with Crippen molar-refractivity contribution in [3.8, 4) is 0 Å². The summed E-state index contributed by atoms with van der Waals surface area (Å²) in [4.78, 5) is 28.4. The van der Waals surface area contributed by atoms with Gasteiger partial charge in [0, 0.05) is 32.2 Å². The molecule has 1 saturated heterocycles. The van der Waals surface area contributed by atoms with Crippen LogP contribution in [0.2, 0.25) is 0 Å². The van der Waals surface area contributed by atoms with Gasteiger partial charge in [-0.05, 0) is 31.2 Å². The fraction of sp³-hybridized carbons (Fsp3) is 0.350. The van der Waals surface area contributed by atoms with Gasteiger partial charge >= 0.3 is 0 Å². The smallest absolute Gasteiger partial charge is 0.293 e. The molecule has 1 heterocycles. The number of carbonyl (C=O) groups is 1. The summed E-state index contributed by atoms with van der Waals surface area (Å²) in [7, 11) is 2.06. The van der Waals surface area contributed by atoms with Crippen molar-refractivity contribution in [3.63, 3.8) is 0 Å². The Morgan fingerprint density at radius 3 is 2.41 bits per heavy atom. The van der Waals surface area contributed by atoms with Gasteiger partial charge in [-0.15, -0.1) is 0 Å². The Kier molecular flexibility index (Phi) is 5.83. The van der Waals surface area contributed by atoms with Crippen LogP contribution in [0.3, 0.4) is 0 Å². The number of aryl methyl sites for hydroxylation is 1. The molecule has 2 aromatic rings. The number of nitrogens with one attached hydrogen (secondary N) is 1. The molecule has 0 aliphatic carbocycles. The summed E-state index contributed by atoms with van der Waals surface area (Å²) in [6.45, 7) is 5.07. The number of benzene rings is 2. The minimum atomic E-state index is -0.485. The van der Waals surface area contributed by atoms with Gasteiger partial charge < -0.3 is 10.2 Å². The van der Waals surface area contributed by atoms with E-state index in [2.05, 4.69) is 22.2 Å². The second kappa shape index (κ2) is 8.28. The summed E-state index contributed by atoms with van der Waals surface area (Å²) in [5.41, 5.74) is 1.80. The molecule has 7 nitrogen and oxygen atoms in total. The van der Waals surface area contributed by atoms with Gasteiger partial charge in [-0.3, -0.25) is 19.8 Å². The van der Waals surface area contributed by atoms with Gasteiger partial charge in [0.25, 0.3) is 5.69 Å². The average molecular weight is 368 g/mol. The Morgan fingerprint density at radius 2 is 1.78 bits per heavy atom. The summed E-state index contributed by atoms with van der Waals surface area (Å²) in [6.07, 6.45) is 0. The minimum absolute atomic E-state index is 0.0893. The largest absolute Gasteiger partial charge is 0.319 e. The number of rotatable bonds is 5. The van der Waals surface area contributed by atoms with Gasteiger partial charge in [0.1, 0.15) is 11.7 Å². The Morgan fingerprint density at radius 1 is 1.11 bits per heavy atom. The van der Waals surface area contributed by atoms with Crippen molar-refractivity contribution >= 4 is 17.3 Å². The molecule has 1 atom stereocenters. The highest BCUT2D eigenvalue weighted by atomic mass is 16.6. The van der Waals surface area contributed by atoms with Gasteiger partial charge in [0.15, 0.2) is 0 Å². The second-order valence-corrected chi connectivity index (χ2v) is 6.92. The van der Waals surface area contributed by atoms with Gasteiger partial charge in [0.05, 0.1) is 4.92 Å². The molecule has 1 aliphatic rings. The fourth-order valence-electron chi connectivity index (χ4n) is 3.34. The van der Waals surface area contributed by atoms with Crippen molar-refractivity contribution < 1.29 is 9.72 Å². The van der Waals surface area contributed by atoms with Crippen LogP contribution < -0.4 is 5.32 Å². The highest BCUT2D eigenvalue weighted by molar-refractivity contribution is 5.97. The molecule has 3 rings (SSSR count). The highest BCUT2D eigenvalue weighted by Gasteiger charge is 2.31. The first-order valence-electron chi connectivity index (χ1n) is 8.99. The molecule has 0 saturated carbocycles. The molecule has 1 amide bonds. The number of hydrogen-bond donors (Lipinski definition) is 1. The second-order valence-electron chi connectivity index (χ2n) is 6.92. The standard InChI is InChI=1S/C20H24N4O3/c1-15-8-9-17(18(14-15)24(26)27)21-20(25)19(16-6-4-3-5-7-16)23-12-10-22(2)11-13-23/h3-9,14,19H,10-13H2,1-2H3,(H,21,25)/t19-/m0/s1. The van der Waals surface area contributed by atoms with Crippen molar-refractivity contribution in [2.45, 2.75) is 13.0 Å². The summed E-state index contributed by atoms with van der Waals surface area (Å²) in [5.74, 6) is -0.252. The van der Waals surface area contributed by atoms with E-state index < -0.39 is 11.0 Å². The lowest BCUT2D eigenvalue weighted by Crippen LogP contribution is -2.48. The Bertz CT molecular complexity index is 817. The van der Waals surface area contributed by atoms with E-state index in [9.17, 15) is 14.9 Å². The first kappa shape index (κ1) is 19.0. The van der Waals surface area contributed by atoms with Crippen LogP contribution in [0.4, 0.5) is 11.4 Å². The average Bonchev–Trinajstić information content (AvgIpc) is 2.66. The number of anilines is 1. The molecular formula is C20H24N4O3. The Labute approximate surface area is 158 Å². The van der Waals surface area contributed by atoms with E-state index in [4.69, 9.17) is 0 Å². The van der Waals surface area contributed by atoms with Gasteiger partial charge in [-0.25, -0.2) is 0 Å². The maximum absolute atomic E-state index is 13.2. The molecule has 27 heavy (non-hydrogen) atoms. The summed E-state index contributed by atoms with van der Waals surface area (Å²) < 4.78 is 0. The monoisotopic (exact) mass is 368 g/mol. The zero-order valence-corrected chi connectivity index (χ0v) is 15.6. The van der Waals surface area contributed by atoms with Crippen LogP contribution in [0.15, 0.2) is 48.5 Å². The van der Waals surface area contributed by atoms with Crippen LogP contribution in [0.1, 0.15) is 17.2 Å². The number of likely N-dealkylation sites (N-methyl/N-ethyl adjacent to an activating group) is 1. The molecule has 0 unspecified atom stereocenters. The molecule has 2 aromatic carbocycles. The highest BCUT2D eigenvalue weighted by Crippen LogP contribution is 2.29. The summed E-state index contributed by atoms with van der Waals surface area (Å²) >= 11 is 0. The summed E-state index contributed by atoms with van der Waals surface area (Å²) in [6, 6.07) is 13.9. The quantitative estimate of drug-likeness (QED) is 0.648. The Balaban J connectivity index is 1.89. The van der Waals surface area contributed by atoms with E-state index in [1.165, 1.54) is 6.07 Å². The number of nitrogens with zero attached hydrogens (tertiary/aromatic N) is 3. The normalized spacial score (nSPS) is 16.7. The van der Waals surface area contributed by atoms with Crippen molar-refractivity contribution in [2.75, 3.05) is 38.5 Å². The van der Waals surface area contributed by atoms with E-state index in [-0.39, 0.29) is 17.3 Å². The lowest BCUT2D eigenvalue weighted by Gasteiger charge is -2.37. The maximum atomic E-state index is 13.2. The molecule has 0 radical (unpaired) electrons. The van der Waals surface area contributed by atoms with Crippen molar-refractivity contribution in [1.29, 1.82) is 0 Å². The molecule has 1 fully saturated rings. The zero-order chi connectivity index (χ0) is 19.4. The lowest BCUT2D eigenvalue weighted by molar-refractivity contribution is -0.384. The van der Waals surface area contributed by atoms with Crippen molar-refractivity contribution in [1.82, 2.24) is 9.80 Å². The van der Waals surface area contributed by atoms with Crippen LogP contribution in [-0.4, -0.2) is 53.9 Å².